The van der Waals surface area contributed by atoms with Crippen LogP contribution in [0.25, 0.3) is 0 Å². The van der Waals surface area contributed by atoms with Gasteiger partial charge in [0.05, 0.1) is 0 Å². The monoisotopic (exact) mass is 425 g/mol. The number of carbonyl (C=O) groups is 2. The number of methoxy groups -OCH3 is 2. The van der Waals surface area contributed by atoms with Gasteiger partial charge in [-0.25, -0.2) is 9.78 Å². The zero-order chi connectivity index (χ0) is 21.8. The molecule has 2 aliphatic heterocycles. The van der Waals surface area contributed by atoms with Gasteiger partial charge in [0.1, 0.15) is 17.3 Å². The molecule has 31 heavy (non-hydrogen) atoms. The van der Waals surface area contributed by atoms with Crippen LogP contribution in [0.3, 0.4) is 0 Å². The molecular weight excluding hydrogens is 398 g/mol. The summed E-state index contributed by atoms with van der Waals surface area (Å²) in [7, 11) is 3.09. The maximum Gasteiger partial charge on any atom is 0.420 e. The third kappa shape index (κ3) is 4.55. The van der Waals surface area contributed by atoms with Gasteiger partial charge in [-0.15, -0.1) is 0 Å². The van der Waals surface area contributed by atoms with Crippen LogP contribution in [0, 0.1) is 0 Å². The van der Waals surface area contributed by atoms with Crippen molar-refractivity contribution < 1.29 is 23.8 Å². The average molecular weight is 425 g/mol. The largest absolute Gasteiger partial charge is 0.420 e. The van der Waals surface area contributed by atoms with E-state index in [2.05, 4.69) is 0 Å². The molecule has 0 aliphatic carbocycles. The molecule has 0 unspecified atom stereocenters. The molecule has 2 amide bonds. The molecule has 0 N–H and O–H groups in total. The first kappa shape index (κ1) is 21.3. The number of pyridine rings is 1. The second kappa shape index (κ2) is 9.45. The van der Waals surface area contributed by atoms with Crippen LogP contribution in [-0.4, -0.2) is 49.2 Å². The lowest BCUT2D eigenvalue weighted by molar-refractivity contribution is -0.128. The molecule has 3 heterocycles. The van der Waals surface area contributed by atoms with Gasteiger partial charge in [-0.2, -0.15) is 0 Å². The molecule has 0 atom stereocenters. The number of carbonyl (C=O) groups excluding carboxylic acids is 2. The van der Waals surface area contributed by atoms with Gasteiger partial charge in [-0.3, -0.25) is 9.69 Å². The number of rotatable bonds is 6. The Hall–Kier alpha value is -2.97. The van der Waals surface area contributed by atoms with E-state index in [-0.39, 0.29) is 5.91 Å². The molecule has 0 bridgehead atoms. The third-order valence-electron chi connectivity index (χ3n) is 5.63. The smallest absolute Gasteiger partial charge is 0.410 e. The zero-order valence-electron chi connectivity index (χ0n) is 17.9. The molecule has 1 fully saturated rings. The van der Waals surface area contributed by atoms with Gasteiger partial charge in [0.2, 0.25) is 12.2 Å². The number of aryl methyl sites for hydroxylation is 1. The zero-order valence-corrected chi connectivity index (χ0v) is 17.9. The number of benzene rings is 1. The van der Waals surface area contributed by atoms with Crippen molar-refractivity contribution in [2.75, 3.05) is 32.2 Å². The number of fused-ring (bicyclic) bond motifs is 1. The Labute approximate surface area is 181 Å². The van der Waals surface area contributed by atoms with Crippen molar-refractivity contribution >= 4 is 17.8 Å². The topological polar surface area (TPSA) is 81.2 Å². The van der Waals surface area contributed by atoms with E-state index in [0.717, 1.165) is 36.9 Å². The van der Waals surface area contributed by atoms with Crippen molar-refractivity contribution in [2.45, 2.75) is 38.5 Å². The van der Waals surface area contributed by atoms with Crippen LogP contribution >= 0.6 is 0 Å². The molecule has 1 aromatic heterocycles. The number of nitrogens with zero attached hydrogens (tertiary/aromatic N) is 3. The van der Waals surface area contributed by atoms with Crippen molar-refractivity contribution in [3.63, 3.8) is 0 Å². The maximum atomic E-state index is 12.9. The van der Waals surface area contributed by atoms with Crippen molar-refractivity contribution in [1.29, 1.82) is 0 Å². The Balaban J connectivity index is 1.67. The predicted molar refractivity (Wildman–Crippen MR) is 114 cm³/mol. The molecule has 4 rings (SSSR count). The normalized spacial score (nSPS) is 16.0. The van der Waals surface area contributed by atoms with Crippen LogP contribution in [-0.2, 0) is 27.2 Å². The Kier molecular flexibility index (Phi) is 6.48. The second-order valence-electron chi connectivity index (χ2n) is 7.67. The number of likely N-dealkylation sites (tertiary alicyclic amines) is 1. The van der Waals surface area contributed by atoms with Gasteiger partial charge in [-0.05, 0) is 48.6 Å². The van der Waals surface area contributed by atoms with Crippen LogP contribution < -0.4 is 9.64 Å². The molecule has 1 aromatic carbocycles. The van der Waals surface area contributed by atoms with Gasteiger partial charge >= 0.3 is 6.09 Å². The molecule has 8 heteroatoms. The summed E-state index contributed by atoms with van der Waals surface area (Å²) < 4.78 is 16.5. The van der Waals surface area contributed by atoms with Gasteiger partial charge in [-0.1, -0.05) is 18.2 Å². The van der Waals surface area contributed by atoms with Crippen LogP contribution in [0.5, 0.6) is 5.75 Å². The van der Waals surface area contributed by atoms with E-state index in [1.54, 1.807) is 31.3 Å². The van der Waals surface area contributed by atoms with E-state index in [9.17, 15) is 9.59 Å². The molecule has 0 spiro atoms. The van der Waals surface area contributed by atoms with E-state index in [1.807, 2.05) is 29.2 Å². The summed E-state index contributed by atoms with van der Waals surface area (Å²) in [5.41, 5.74) is 2.40. The number of aromatic nitrogens is 1. The van der Waals surface area contributed by atoms with Crippen LogP contribution in [0.15, 0.2) is 36.4 Å². The van der Waals surface area contributed by atoms with Gasteiger partial charge in [0.25, 0.3) is 0 Å². The number of hydrogen-bond acceptors (Lipinski definition) is 6. The van der Waals surface area contributed by atoms with Gasteiger partial charge < -0.3 is 19.1 Å². The Morgan fingerprint density at radius 3 is 2.52 bits per heavy atom. The highest BCUT2D eigenvalue weighted by atomic mass is 16.7. The highest BCUT2D eigenvalue weighted by molar-refractivity contribution is 5.89. The molecule has 2 aliphatic rings. The summed E-state index contributed by atoms with van der Waals surface area (Å²) >= 11 is 0. The molecular formula is C23H27N3O5. The summed E-state index contributed by atoms with van der Waals surface area (Å²) in [6.45, 7) is 1.70. The fraction of sp³-hybridized carbons (Fsp3) is 0.435. The number of amides is 2. The first-order chi connectivity index (χ1) is 15.1. The van der Waals surface area contributed by atoms with E-state index >= 15 is 0 Å². The quantitative estimate of drug-likeness (QED) is 0.660. The summed E-state index contributed by atoms with van der Waals surface area (Å²) in [5, 5.41) is 0. The fourth-order valence-corrected chi connectivity index (χ4v) is 4.11. The SMILES string of the molecule is COC(OC)c1nc2c(cc1CN1CCCC1=O)CCCN2C(=O)Oc1ccccc1. The lowest BCUT2D eigenvalue weighted by Gasteiger charge is -2.30. The Morgan fingerprint density at radius 1 is 1.10 bits per heavy atom. The first-order valence-corrected chi connectivity index (χ1v) is 10.5. The van der Waals surface area contributed by atoms with Crippen LogP contribution in [0.1, 0.15) is 42.4 Å². The van der Waals surface area contributed by atoms with Crippen LogP contribution in [0.2, 0.25) is 0 Å². The standard InChI is InChI=1S/C23H27N3O5/c1-29-22(30-2)20-17(15-25-12-7-11-19(25)27)14-16-8-6-13-26(21(16)24-20)23(28)31-18-9-4-3-5-10-18/h3-5,9-10,14,22H,6-8,11-13,15H2,1-2H3. The molecule has 8 nitrogen and oxygen atoms in total. The maximum absolute atomic E-state index is 12.9. The highest BCUT2D eigenvalue weighted by Gasteiger charge is 2.30. The van der Waals surface area contributed by atoms with Crippen molar-refractivity contribution in [3.05, 3.63) is 53.2 Å². The lowest BCUT2D eigenvalue weighted by atomic mass is 10.0. The van der Waals surface area contributed by atoms with E-state index in [1.165, 1.54) is 0 Å². The predicted octanol–water partition coefficient (Wildman–Crippen LogP) is 3.45. The fourth-order valence-electron chi connectivity index (χ4n) is 4.11. The average Bonchev–Trinajstić information content (AvgIpc) is 3.19. The summed E-state index contributed by atoms with van der Waals surface area (Å²) in [5.74, 6) is 1.18. The minimum absolute atomic E-state index is 0.142. The number of ether oxygens (including phenoxy) is 3. The minimum Gasteiger partial charge on any atom is -0.410 e. The molecule has 164 valence electrons. The Bertz CT molecular complexity index is 946. The molecule has 0 saturated carbocycles. The Morgan fingerprint density at radius 2 is 1.84 bits per heavy atom. The second-order valence-corrected chi connectivity index (χ2v) is 7.67. The van der Waals surface area contributed by atoms with Crippen molar-refractivity contribution in [3.8, 4) is 5.75 Å². The summed E-state index contributed by atoms with van der Waals surface area (Å²) in [6, 6.07) is 11.0. The number of hydrogen-bond donors (Lipinski definition) is 0. The van der Waals surface area contributed by atoms with E-state index in [0.29, 0.717) is 36.8 Å². The van der Waals surface area contributed by atoms with Crippen molar-refractivity contribution in [2.24, 2.45) is 0 Å². The highest BCUT2D eigenvalue weighted by Crippen LogP contribution is 2.32. The summed E-state index contributed by atoms with van der Waals surface area (Å²) in [4.78, 5) is 33.3. The molecule has 1 saturated heterocycles. The number of anilines is 1. The molecule has 0 radical (unpaired) electrons. The number of para-hydroxylation sites is 1. The van der Waals surface area contributed by atoms with Crippen LogP contribution in [0.4, 0.5) is 10.6 Å². The first-order valence-electron chi connectivity index (χ1n) is 10.5. The molecule has 2 aromatic rings. The van der Waals surface area contributed by atoms with Gasteiger partial charge in [0.15, 0.2) is 0 Å². The minimum atomic E-state index is -0.702. The van der Waals surface area contributed by atoms with Gasteiger partial charge in [0, 0.05) is 40.3 Å². The van der Waals surface area contributed by atoms with E-state index < -0.39 is 12.4 Å². The van der Waals surface area contributed by atoms with E-state index in [4.69, 9.17) is 19.2 Å². The lowest BCUT2D eigenvalue weighted by Crippen LogP contribution is -2.39. The third-order valence-corrected chi connectivity index (χ3v) is 5.63. The van der Waals surface area contributed by atoms with Crippen molar-refractivity contribution in [1.82, 2.24) is 9.88 Å². The summed E-state index contributed by atoms with van der Waals surface area (Å²) in [6.07, 6.45) is 1.86.